The van der Waals surface area contributed by atoms with Gasteiger partial charge in [-0.15, -0.1) is 0 Å². The lowest BCUT2D eigenvalue weighted by Crippen LogP contribution is -2.64. The topological polar surface area (TPSA) is 210 Å². The molecule has 13 nitrogen and oxygen atoms in total. The summed E-state index contributed by atoms with van der Waals surface area (Å²) in [5.41, 5.74) is 0. The van der Waals surface area contributed by atoms with E-state index in [-0.39, 0.29) is 12.8 Å². The molecule has 0 saturated heterocycles. The predicted octanol–water partition coefficient (Wildman–Crippen LogP) is 7.89. The number of hydrogen-bond donors (Lipinski definition) is 6. The van der Waals surface area contributed by atoms with Gasteiger partial charge in [0.15, 0.2) is 6.10 Å². The van der Waals surface area contributed by atoms with E-state index in [4.69, 9.17) is 18.5 Å². The van der Waals surface area contributed by atoms with Crippen molar-refractivity contribution in [3.8, 4) is 0 Å². The summed E-state index contributed by atoms with van der Waals surface area (Å²) in [4.78, 5) is 35.5. The van der Waals surface area contributed by atoms with Gasteiger partial charge in [-0.3, -0.25) is 18.6 Å². The largest absolute Gasteiger partial charge is 0.472 e. The SMILES string of the molecule is CCC/C=C\CCCCCCCC(=O)OC(COC(=O)CCCCCCCCCCCCCCCCCCC)COP(=O)(O)OC1C(O)C(O)C(O)C(O)C1O. The van der Waals surface area contributed by atoms with Crippen molar-refractivity contribution in [3.05, 3.63) is 12.2 Å². The number of carbonyl (C=O) groups is 2. The van der Waals surface area contributed by atoms with Crippen LogP contribution in [0.4, 0.5) is 0 Å². The Kier molecular flexibility index (Phi) is 31.4. The summed E-state index contributed by atoms with van der Waals surface area (Å²) in [6.07, 6.45) is 20.0. The minimum atomic E-state index is -5.11. The van der Waals surface area contributed by atoms with E-state index in [9.17, 15) is 44.6 Å². The molecule has 0 aromatic carbocycles. The molecule has 6 atom stereocenters. The van der Waals surface area contributed by atoms with Crippen LogP contribution in [-0.4, -0.2) is 98.3 Å². The van der Waals surface area contributed by atoms with Crippen LogP contribution in [0.5, 0.6) is 0 Å². The van der Waals surface area contributed by atoms with Gasteiger partial charge in [0, 0.05) is 12.8 Å². The van der Waals surface area contributed by atoms with Crippen LogP contribution >= 0.6 is 7.82 Å². The van der Waals surface area contributed by atoms with Gasteiger partial charge in [-0.05, 0) is 32.1 Å². The molecule has 1 aliphatic carbocycles. The van der Waals surface area contributed by atoms with Crippen LogP contribution in [0.15, 0.2) is 12.2 Å². The number of allylic oxidation sites excluding steroid dienone is 2. The number of aliphatic hydroxyl groups excluding tert-OH is 5. The van der Waals surface area contributed by atoms with E-state index < -0.39 is 75.7 Å². The van der Waals surface area contributed by atoms with Gasteiger partial charge in [-0.1, -0.05) is 154 Å². The Morgan fingerprint density at radius 3 is 1.43 bits per heavy atom. The van der Waals surface area contributed by atoms with E-state index in [2.05, 4.69) is 26.0 Å². The zero-order valence-corrected chi connectivity index (χ0v) is 35.6. The Bertz CT molecular complexity index is 1040. The van der Waals surface area contributed by atoms with Crippen molar-refractivity contribution < 1.29 is 63.1 Å². The van der Waals surface area contributed by atoms with Gasteiger partial charge in [0.1, 0.15) is 43.2 Å². The van der Waals surface area contributed by atoms with Crippen molar-refractivity contribution in [2.45, 2.75) is 230 Å². The third kappa shape index (κ3) is 25.8. The molecule has 0 bridgehead atoms. The van der Waals surface area contributed by atoms with Gasteiger partial charge in [0.05, 0.1) is 6.61 Å². The molecule has 56 heavy (non-hydrogen) atoms. The second-order valence-corrected chi connectivity index (χ2v) is 17.0. The molecule has 0 aliphatic heterocycles. The minimum absolute atomic E-state index is 0.0892. The van der Waals surface area contributed by atoms with E-state index >= 15 is 0 Å². The second-order valence-electron chi connectivity index (χ2n) is 15.6. The fourth-order valence-electron chi connectivity index (χ4n) is 6.76. The number of ether oxygens (including phenoxy) is 2. The monoisotopic (exact) mass is 823 g/mol. The number of phosphoric acid groups is 1. The van der Waals surface area contributed by atoms with Crippen LogP contribution in [0, 0.1) is 0 Å². The first-order valence-electron chi connectivity index (χ1n) is 22.0. The van der Waals surface area contributed by atoms with Crippen molar-refractivity contribution in [2.75, 3.05) is 13.2 Å². The van der Waals surface area contributed by atoms with Gasteiger partial charge in [0.25, 0.3) is 0 Å². The van der Waals surface area contributed by atoms with E-state index in [1.54, 1.807) is 0 Å². The summed E-state index contributed by atoms with van der Waals surface area (Å²) in [7, 11) is -5.11. The Morgan fingerprint density at radius 2 is 0.946 bits per heavy atom. The number of aliphatic hydroxyl groups is 5. The summed E-state index contributed by atoms with van der Waals surface area (Å²) >= 11 is 0. The first kappa shape index (κ1) is 52.6. The quantitative estimate of drug-likeness (QED) is 0.0154. The van der Waals surface area contributed by atoms with Crippen molar-refractivity contribution in [3.63, 3.8) is 0 Å². The average molecular weight is 823 g/mol. The van der Waals surface area contributed by atoms with Crippen LogP contribution in [0.3, 0.4) is 0 Å². The number of carbonyl (C=O) groups excluding carboxylic acids is 2. The molecule has 0 amide bonds. The molecule has 0 spiro atoms. The highest BCUT2D eigenvalue weighted by Crippen LogP contribution is 2.47. The van der Waals surface area contributed by atoms with Crippen molar-refractivity contribution in [1.29, 1.82) is 0 Å². The first-order valence-corrected chi connectivity index (χ1v) is 23.5. The van der Waals surface area contributed by atoms with Gasteiger partial charge in [0.2, 0.25) is 0 Å². The molecule has 14 heteroatoms. The van der Waals surface area contributed by atoms with E-state index in [0.717, 1.165) is 64.2 Å². The smallest absolute Gasteiger partial charge is 0.462 e. The van der Waals surface area contributed by atoms with Crippen molar-refractivity contribution in [2.24, 2.45) is 0 Å². The van der Waals surface area contributed by atoms with Crippen LogP contribution in [0.25, 0.3) is 0 Å². The molecule has 1 aliphatic rings. The molecule has 6 N–H and O–H groups in total. The molecule has 0 aromatic rings. The van der Waals surface area contributed by atoms with Gasteiger partial charge >= 0.3 is 19.8 Å². The summed E-state index contributed by atoms with van der Waals surface area (Å²) in [5.74, 6) is -1.10. The number of phosphoric ester groups is 1. The molecular formula is C42H79O13P. The molecule has 0 aromatic heterocycles. The lowest BCUT2D eigenvalue weighted by molar-refractivity contribution is -0.220. The van der Waals surface area contributed by atoms with Crippen LogP contribution in [0.1, 0.15) is 187 Å². The molecule has 0 radical (unpaired) electrons. The van der Waals surface area contributed by atoms with Crippen molar-refractivity contribution in [1.82, 2.24) is 0 Å². The predicted molar refractivity (Wildman–Crippen MR) is 217 cm³/mol. The highest BCUT2D eigenvalue weighted by molar-refractivity contribution is 7.47. The minimum Gasteiger partial charge on any atom is -0.462 e. The first-order chi connectivity index (χ1) is 26.9. The van der Waals surface area contributed by atoms with E-state index in [1.807, 2.05) is 0 Å². The molecular weight excluding hydrogens is 743 g/mol. The maximum Gasteiger partial charge on any atom is 0.472 e. The molecule has 1 fully saturated rings. The van der Waals surface area contributed by atoms with Gasteiger partial charge < -0.3 is 39.9 Å². The fraction of sp³-hybridized carbons (Fsp3) is 0.905. The van der Waals surface area contributed by atoms with Crippen molar-refractivity contribution >= 4 is 19.8 Å². The third-order valence-electron chi connectivity index (χ3n) is 10.3. The van der Waals surface area contributed by atoms with E-state index in [0.29, 0.717) is 12.8 Å². The van der Waals surface area contributed by atoms with Crippen LogP contribution < -0.4 is 0 Å². The van der Waals surface area contributed by atoms with Crippen LogP contribution in [-0.2, 0) is 32.7 Å². The molecule has 330 valence electrons. The zero-order valence-electron chi connectivity index (χ0n) is 34.7. The summed E-state index contributed by atoms with van der Waals surface area (Å²) in [5, 5.41) is 50.0. The molecule has 1 rings (SSSR count). The average Bonchev–Trinajstić information content (AvgIpc) is 3.18. The molecule has 6 unspecified atom stereocenters. The fourth-order valence-corrected chi connectivity index (χ4v) is 7.73. The lowest BCUT2D eigenvalue weighted by Gasteiger charge is -2.41. The standard InChI is InChI=1S/C42H79O13P/c1-3-5-7-9-11-13-15-16-17-18-19-20-21-23-24-26-28-30-35(43)52-32-34(54-36(44)31-29-27-25-22-14-12-10-8-6-4-2)33-53-56(50,51)55-42-40(48)38(46)37(45)39(47)41(42)49/h8,10,34,37-42,45-49H,3-7,9,11-33H2,1-2H3,(H,50,51)/b10-8-. The van der Waals surface area contributed by atoms with Crippen LogP contribution in [0.2, 0.25) is 0 Å². The summed E-state index contributed by atoms with van der Waals surface area (Å²) in [6, 6.07) is 0. The maximum absolute atomic E-state index is 12.8. The third-order valence-corrected chi connectivity index (χ3v) is 11.3. The number of esters is 2. The number of rotatable bonds is 36. The highest BCUT2D eigenvalue weighted by Gasteiger charge is 2.51. The normalized spacial score (nSPS) is 22.9. The zero-order chi connectivity index (χ0) is 41.4. The summed E-state index contributed by atoms with van der Waals surface area (Å²) in [6.45, 7) is 3.22. The Balaban J connectivity index is 2.43. The van der Waals surface area contributed by atoms with E-state index in [1.165, 1.54) is 83.5 Å². The maximum atomic E-state index is 12.8. The Hall–Kier alpha value is -1.41. The molecule has 0 heterocycles. The Labute approximate surface area is 337 Å². The highest BCUT2D eigenvalue weighted by atomic mass is 31.2. The lowest BCUT2D eigenvalue weighted by atomic mass is 9.85. The van der Waals surface area contributed by atoms with Gasteiger partial charge in [-0.2, -0.15) is 0 Å². The Morgan fingerprint density at radius 1 is 0.536 bits per heavy atom. The second kappa shape index (κ2) is 33.4. The summed E-state index contributed by atoms with van der Waals surface area (Å²) < 4.78 is 33.4. The molecule has 1 saturated carbocycles. The number of unbranched alkanes of at least 4 members (excludes halogenated alkanes) is 22. The number of hydrogen-bond acceptors (Lipinski definition) is 12. The van der Waals surface area contributed by atoms with Gasteiger partial charge in [-0.25, -0.2) is 4.57 Å².